The minimum Gasteiger partial charge on any atom is -0.495 e. The number of hydrogen-bond donors (Lipinski definition) is 0. The first kappa shape index (κ1) is 21.5. The highest BCUT2D eigenvalue weighted by atomic mass is 35.5. The Labute approximate surface area is 183 Å². The number of nitrogens with zero attached hydrogens (tertiary/aromatic N) is 2. The van der Waals surface area contributed by atoms with Crippen molar-refractivity contribution in [3.8, 4) is 17.2 Å². The second kappa shape index (κ2) is 10.0. The van der Waals surface area contributed by atoms with Crippen LogP contribution in [0.3, 0.4) is 0 Å². The molecule has 30 heavy (non-hydrogen) atoms. The Morgan fingerprint density at radius 1 is 0.800 bits per heavy atom. The van der Waals surface area contributed by atoms with Gasteiger partial charge in [0.15, 0.2) is 0 Å². The lowest BCUT2D eigenvalue weighted by Gasteiger charge is -2.36. The number of carbonyl (C=O) groups is 1. The van der Waals surface area contributed by atoms with Crippen molar-refractivity contribution in [3.63, 3.8) is 0 Å². The van der Waals surface area contributed by atoms with Gasteiger partial charge in [0.1, 0.15) is 17.2 Å². The van der Waals surface area contributed by atoms with Crippen molar-refractivity contribution < 1.29 is 14.3 Å². The van der Waals surface area contributed by atoms with E-state index in [0.717, 1.165) is 30.3 Å². The van der Waals surface area contributed by atoms with Crippen LogP contribution in [0.25, 0.3) is 0 Å². The minimum absolute atomic E-state index is 0. The number of anilines is 1. The standard InChI is InChI=1S/C24H24N2O3.ClH/c1-28-23-13-6-5-12-22(23)25-14-16-26(17-15-25)24(27)19-8-7-11-21(18-19)29-20-9-3-2-4-10-20;/h2-13,18H,14-17H2,1H3;1H. The molecule has 0 aliphatic carbocycles. The first-order chi connectivity index (χ1) is 14.2. The Hall–Kier alpha value is -3.18. The van der Waals surface area contributed by atoms with Crippen molar-refractivity contribution in [2.45, 2.75) is 0 Å². The third-order valence-corrected chi connectivity index (χ3v) is 5.05. The molecule has 0 spiro atoms. The number of carbonyl (C=O) groups excluding carboxylic acids is 1. The van der Waals surface area contributed by atoms with Crippen LogP contribution >= 0.6 is 12.4 Å². The Bertz CT molecular complexity index is 973. The molecule has 1 heterocycles. The number of ether oxygens (including phenoxy) is 2. The number of rotatable bonds is 5. The molecule has 0 bridgehead atoms. The molecule has 0 unspecified atom stereocenters. The molecular weight excluding hydrogens is 400 g/mol. The van der Waals surface area contributed by atoms with E-state index in [1.165, 1.54) is 0 Å². The summed E-state index contributed by atoms with van der Waals surface area (Å²) in [6, 6.07) is 24.9. The molecule has 0 N–H and O–H groups in total. The highest BCUT2D eigenvalue weighted by Gasteiger charge is 2.24. The largest absolute Gasteiger partial charge is 0.495 e. The smallest absolute Gasteiger partial charge is 0.254 e. The lowest BCUT2D eigenvalue weighted by Crippen LogP contribution is -2.48. The monoisotopic (exact) mass is 424 g/mol. The first-order valence-electron chi connectivity index (χ1n) is 9.75. The van der Waals surface area contributed by atoms with Crippen LogP contribution in [-0.2, 0) is 0 Å². The third-order valence-electron chi connectivity index (χ3n) is 5.05. The second-order valence-electron chi connectivity index (χ2n) is 6.89. The highest BCUT2D eigenvalue weighted by molar-refractivity contribution is 5.94. The zero-order chi connectivity index (χ0) is 20.1. The molecule has 5 nitrogen and oxygen atoms in total. The molecular formula is C24H25ClN2O3. The Balaban J connectivity index is 0.00000256. The van der Waals surface area contributed by atoms with Gasteiger partial charge in [-0.05, 0) is 42.5 Å². The van der Waals surface area contributed by atoms with Crippen LogP contribution in [0.4, 0.5) is 5.69 Å². The fourth-order valence-electron chi connectivity index (χ4n) is 3.54. The van der Waals surface area contributed by atoms with E-state index in [1.807, 2.05) is 77.7 Å². The summed E-state index contributed by atoms with van der Waals surface area (Å²) in [7, 11) is 1.68. The molecule has 0 saturated carbocycles. The summed E-state index contributed by atoms with van der Waals surface area (Å²) < 4.78 is 11.3. The third kappa shape index (κ3) is 4.86. The summed E-state index contributed by atoms with van der Waals surface area (Å²) in [6.07, 6.45) is 0. The minimum atomic E-state index is 0. The van der Waals surface area contributed by atoms with E-state index < -0.39 is 0 Å². The SMILES string of the molecule is COc1ccccc1N1CCN(C(=O)c2cccc(Oc3ccccc3)c2)CC1.Cl. The van der Waals surface area contributed by atoms with Crippen molar-refractivity contribution in [2.75, 3.05) is 38.2 Å². The molecule has 3 aromatic rings. The number of halogens is 1. The number of amides is 1. The molecule has 1 saturated heterocycles. The topological polar surface area (TPSA) is 42.0 Å². The number of benzene rings is 3. The highest BCUT2D eigenvalue weighted by Crippen LogP contribution is 2.29. The van der Waals surface area contributed by atoms with Gasteiger partial charge in [0, 0.05) is 31.7 Å². The number of hydrogen-bond acceptors (Lipinski definition) is 4. The number of piperazine rings is 1. The van der Waals surface area contributed by atoms with Crippen LogP contribution in [-0.4, -0.2) is 44.1 Å². The van der Waals surface area contributed by atoms with Gasteiger partial charge in [-0.2, -0.15) is 0 Å². The van der Waals surface area contributed by atoms with Crippen LogP contribution < -0.4 is 14.4 Å². The van der Waals surface area contributed by atoms with Gasteiger partial charge >= 0.3 is 0 Å². The quantitative estimate of drug-likeness (QED) is 0.586. The van der Waals surface area contributed by atoms with E-state index in [4.69, 9.17) is 9.47 Å². The summed E-state index contributed by atoms with van der Waals surface area (Å²) in [5, 5.41) is 0. The van der Waals surface area contributed by atoms with Gasteiger partial charge in [-0.25, -0.2) is 0 Å². The molecule has 0 radical (unpaired) electrons. The number of para-hydroxylation sites is 3. The van der Waals surface area contributed by atoms with Gasteiger partial charge in [-0.15, -0.1) is 12.4 Å². The van der Waals surface area contributed by atoms with Crippen molar-refractivity contribution >= 4 is 24.0 Å². The van der Waals surface area contributed by atoms with Crippen molar-refractivity contribution in [1.82, 2.24) is 4.90 Å². The zero-order valence-corrected chi connectivity index (χ0v) is 17.7. The maximum Gasteiger partial charge on any atom is 0.254 e. The molecule has 4 rings (SSSR count). The van der Waals surface area contributed by atoms with Crippen molar-refractivity contribution in [3.05, 3.63) is 84.4 Å². The summed E-state index contributed by atoms with van der Waals surface area (Å²) in [5.74, 6) is 2.30. The Morgan fingerprint density at radius 3 is 2.20 bits per heavy atom. The average molecular weight is 425 g/mol. The van der Waals surface area contributed by atoms with E-state index in [2.05, 4.69) is 11.0 Å². The molecule has 1 amide bonds. The van der Waals surface area contributed by atoms with Crippen LogP contribution in [0.5, 0.6) is 17.2 Å². The van der Waals surface area contributed by atoms with Gasteiger partial charge in [0.2, 0.25) is 0 Å². The Kier molecular flexibility index (Phi) is 7.20. The van der Waals surface area contributed by atoms with Gasteiger partial charge in [0.25, 0.3) is 5.91 Å². The summed E-state index contributed by atoms with van der Waals surface area (Å²) in [4.78, 5) is 17.2. The van der Waals surface area contributed by atoms with Crippen LogP contribution in [0.1, 0.15) is 10.4 Å². The van der Waals surface area contributed by atoms with Crippen LogP contribution in [0.15, 0.2) is 78.9 Å². The van der Waals surface area contributed by atoms with Crippen LogP contribution in [0, 0.1) is 0 Å². The molecule has 6 heteroatoms. The van der Waals surface area contributed by atoms with Gasteiger partial charge in [-0.1, -0.05) is 36.4 Å². The van der Waals surface area contributed by atoms with E-state index in [-0.39, 0.29) is 18.3 Å². The van der Waals surface area contributed by atoms with Gasteiger partial charge in [0.05, 0.1) is 12.8 Å². The molecule has 1 fully saturated rings. The zero-order valence-electron chi connectivity index (χ0n) is 16.9. The Morgan fingerprint density at radius 2 is 1.47 bits per heavy atom. The number of methoxy groups -OCH3 is 1. The average Bonchev–Trinajstić information content (AvgIpc) is 2.79. The first-order valence-corrected chi connectivity index (χ1v) is 9.75. The van der Waals surface area contributed by atoms with Gasteiger partial charge < -0.3 is 19.3 Å². The second-order valence-corrected chi connectivity index (χ2v) is 6.89. The van der Waals surface area contributed by atoms with Crippen molar-refractivity contribution in [1.29, 1.82) is 0 Å². The van der Waals surface area contributed by atoms with E-state index >= 15 is 0 Å². The van der Waals surface area contributed by atoms with E-state index in [9.17, 15) is 4.79 Å². The summed E-state index contributed by atoms with van der Waals surface area (Å²) >= 11 is 0. The molecule has 1 aliphatic heterocycles. The maximum atomic E-state index is 13.0. The summed E-state index contributed by atoms with van der Waals surface area (Å²) in [6.45, 7) is 2.87. The van der Waals surface area contributed by atoms with E-state index in [1.54, 1.807) is 7.11 Å². The molecule has 0 atom stereocenters. The predicted molar refractivity (Wildman–Crippen MR) is 121 cm³/mol. The lowest BCUT2D eigenvalue weighted by molar-refractivity contribution is 0.0746. The lowest BCUT2D eigenvalue weighted by atomic mass is 10.1. The maximum absolute atomic E-state index is 13.0. The van der Waals surface area contributed by atoms with Crippen LogP contribution in [0.2, 0.25) is 0 Å². The van der Waals surface area contributed by atoms with Gasteiger partial charge in [-0.3, -0.25) is 4.79 Å². The molecule has 3 aromatic carbocycles. The van der Waals surface area contributed by atoms with Crippen molar-refractivity contribution in [2.24, 2.45) is 0 Å². The fraction of sp³-hybridized carbons (Fsp3) is 0.208. The summed E-state index contributed by atoms with van der Waals surface area (Å²) in [5.41, 5.74) is 1.71. The molecule has 156 valence electrons. The molecule has 0 aromatic heterocycles. The molecule has 1 aliphatic rings. The van der Waals surface area contributed by atoms with E-state index in [0.29, 0.717) is 24.4 Å². The normalized spacial score (nSPS) is 13.4. The predicted octanol–water partition coefficient (Wildman–Crippen LogP) is 4.87. The fourth-order valence-corrected chi connectivity index (χ4v) is 3.54.